The third-order valence-corrected chi connectivity index (χ3v) is 2.71. The summed E-state index contributed by atoms with van der Waals surface area (Å²) in [7, 11) is 0. The van der Waals surface area contributed by atoms with Crippen LogP contribution in [0.2, 0.25) is 5.02 Å². The summed E-state index contributed by atoms with van der Waals surface area (Å²) in [5.74, 6) is -1.63. The van der Waals surface area contributed by atoms with Crippen molar-refractivity contribution in [2.45, 2.75) is 12.5 Å². The Labute approximate surface area is 99.2 Å². The number of hydrogen-bond donors (Lipinski definition) is 1. The maximum atomic E-state index is 13.3. The summed E-state index contributed by atoms with van der Waals surface area (Å²) in [6.07, 6.45) is -0.833. The molecular formula is C9H8ClF2IO. The molecule has 0 radical (unpaired) electrons. The van der Waals surface area contributed by atoms with Gasteiger partial charge in [-0.15, -0.1) is 0 Å². The fourth-order valence-corrected chi connectivity index (χ4v) is 1.85. The van der Waals surface area contributed by atoms with Crippen molar-refractivity contribution in [3.63, 3.8) is 0 Å². The number of halogens is 4. The second-order valence-corrected chi connectivity index (χ2v) is 4.24. The normalized spacial score (nSPS) is 12.9. The molecule has 1 N–H and O–H groups in total. The molecule has 0 aliphatic rings. The maximum Gasteiger partial charge on any atom is 0.150 e. The fraction of sp³-hybridized carbons (Fsp3) is 0.333. The van der Waals surface area contributed by atoms with E-state index in [1.54, 1.807) is 0 Å². The molecule has 0 aromatic heterocycles. The predicted molar refractivity (Wildman–Crippen MR) is 59.8 cm³/mol. The Hall–Kier alpha value is 0.0600. The van der Waals surface area contributed by atoms with Gasteiger partial charge in [0.2, 0.25) is 0 Å². The summed E-state index contributed by atoms with van der Waals surface area (Å²) in [6.45, 7) is 0. The van der Waals surface area contributed by atoms with E-state index in [1.165, 1.54) is 0 Å². The molecule has 78 valence electrons. The van der Waals surface area contributed by atoms with Gasteiger partial charge in [0.25, 0.3) is 0 Å². The van der Waals surface area contributed by atoms with E-state index in [4.69, 9.17) is 11.6 Å². The minimum Gasteiger partial charge on any atom is -0.388 e. The number of aliphatic hydroxyl groups excluding tert-OH is 1. The third-order valence-electron chi connectivity index (χ3n) is 1.80. The van der Waals surface area contributed by atoms with Crippen molar-refractivity contribution in [3.05, 3.63) is 34.4 Å². The molecule has 0 amide bonds. The SMILES string of the molecule is O[C@@H](CCI)c1c(F)ccc(Cl)c1F. The Morgan fingerprint density at radius 2 is 2.07 bits per heavy atom. The molecule has 1 rings (SSSR count). The predicted octanol–water partition coefficient (Wildman–Crippen LogP) is 3.48. The lowest BCUT2D eigenvalue weighted by molar-refractivity contribution is 0.166. The van der Waals surface area contributed by atoms with Crippen LogP contribution >= 0.6 is 34.2 Å². The summed E-state index contributed by atoms with van der Waals surface area (Å²) in [6, 6.07) is 2.18. The molecule has 14 heavy (non-hydrogen) atoms. The van der Waals surface area contributed by atoms with E-state index in [2.05, 4.69) is 0 Å². The van der Waals surface area contributed by atoms with Crippen LogP contribution in [0.1, 0.15) is 18.1 Å². The van der Waals surface area contributed by atoms with Gasteiger partial charge >= 0.3 is 0 Å². The standard InChI is InChI=1S/C9H8ClF2IO/c10-5-1-2-6(11)8(9(5)12)7(14)3-4-13/h1-2,7,14H,3-4H2/t7-/m0/s1. The Morgan fingerprint density at radius 3 is 2.64 bits per heavy atom. The highest BCUT2D eigenvalue weighted by atomic mass is 127. The van der Waals surface area contributed by atoms with E-state index in [-0.39, 0.29) is 10.6 Å². The van der Waals surface area contributed by atoms with Crippen LogP contribution in [0.3, 0.4) is 0 Å². The van der Waals surface area contributed by atoms with Crippen LogP contribution in [-0.2, 0) is 0 Å². The molecule has 1 aromatic rings. The molecule has 0 saturated carbocycles. The van der Waals surface area contributed by atoms with E-state index < -0.39 is 17.7 Å². The lowest BCUT2D eigenvalue weighted by Crippen LogP contribution is -2.05. The summed E-state index contributed by atoms with van der Waals surface area (Å²) in [5, 5.41) is 9.29. The zero-order valence-electron chi connectivity index (χ0n) is 7.11. The first-order chi connectivity index (χ1) is 6.57. The van der Waals surface area contributed by atoms with Gasteiger partial charge in [0.15, 0.2) is 5.82 Å². The highest BCUT2D eigenvalue weighted by Gasteiger charge is 2.19. The van der Waals surface area contributed by atoms with Crippen molar-refractivity contribution in [2.75, 3.05) is 4.43 Å². The van der Waals surface area contributed by atoms with Gasteiger partial charge in [-0.25, -0.2) is 8.78 Å². The van der Waals surface area contributed by atoms with Crippen LogP contribution in [-0.4, -0.2) is 9.53 Å². The summed E-state index contributed by atoms with van der Waals surface area (Å²) >= 11 is 7.50. The van der Waals surface area contributed by atoms with Crippen molar-refractivity contribution in [3.8, 4) is 0 Å². The van der Waals surface area contributed by atoms with Crippen molar-refractivity contribution in [1.82, 2.24) is 0 Å². The fourth-order valence-electron chi connectivity index (χ4n) is 1.10. The highest BCUT2D eigenvalue weighted by molar-refractivity contribution is 14.1. The molecule has 0 unspecified atom stereocenters. The van der Waals surface area contributed by atoms with Gasteiger partial charge in [-0.3, -0.25) is 0 Å². The van der Waals surface area contributed by atoms with Gasteiger partial charge in [-0.1, -0.05) is 34.2 Å². The van der Waals surface area contributed by atoms with E-state index in [9.17, 15) is 13.9 Å². The molecule has 0 aliphatic carbocycles. The largest absolute Gasteiger partial charge is 0.388 e. The smallest absolute Gasteiger partial charge is 0.150 e. The number of aliphatic hydroxyl groups is 1. The number of rotatable bonds is 3. The quantitative estimate of drug-likeness (QED) is 0.510. The molecule has 5 heteroatoms. The van der Waals surface area contributed by atoms with Crippen molar-refractivity contribution in [1.29, 1.82) is 0 Å². The zero-order chi connectivity index (χ0) is 10.7. The van der Waals surface area contributed by atoms with Gasteiger partial charge < -0.3 is 5.11 Å². The monoisotopic (exact) mass is 332 g/mol. The molecule has 0 aliphatic heterocycles. The molecule has 0 heterocycles. The Balaban J connectivity index is 3.11. The van der Waals surface area contributed by atoms with E-state index in [0.717, 1.165) is 12.1 Å². The molecule has 1 atom stereocenters. The summed E-state index contributed by atoms with van der Waals surface area (Å²) < 4.78 is 27.1. The van der Waals surface area contributed by atoms with E-state index in [1.807, 2.05) is 22.6 Å². The van der Waals surface area contributed by atoms with Crippen molar-refractivity contribution < 1.29 is 13.9 Å². The number of benzene rings is 1. The van der Waals surface area contributed by atoms with E-state index in [0.29, 0.717) is 10.8 Å². The molecule has 0 spiro atoms. The zero-order valence-corrected chi connectivity index (χ0v) is 10.0. The first kappa shape index (κ1) is 12.1. The lowest BCUT2D eigenvalue weighted by Gasteiger charge is -2.11. The Kier molecular flexibility index (Phi) is 4.53. The van der Waals surface area contributed by atoms with Crippen LogP contribution in [0.15, 0.2) is 12.1 Å². The first-order valence-corrected chi connectivity index (χ1v) is 5.85. The molecule has 1 aromatic carbocycles. The molecule has 0 saturated heterocycles. The van der Waals surface area contributed by atoms with Gasteiger partial charge in [0.05, 0.1) is 16.7 Å². The van der Waals surface area contributed by atoms with Crippen LogP contribution in [0.5, 0.6) is 0 Å². The first-order valence-electron chi connectivity index (χ1n) is 3.95. The Bertz CT molecular complexity index is 333. The molecule has 1 nitrogen and oxygen atoms in total. The van der Waals surface area contributed by atoms with Crippen LogP contribution in [0, 0.1) is 11.6 Å². The molecule has 0 bridgehead atoms. The van der Waals surface area contributed by atoms with Gasteiger partial charge in [-0.2, -0.15) is 0 Å². The maximum absolute atomic E-state index is 13.3. The average molecular weight is 333 g/mol. The Morgan fingerprint density at radius 1 is 1.43 bits per heavy atom. The number of alkyl halides is 1. The number of hydrogen-bond acceptors (Lipinski definition) is 1. The highest BCUT2D eigenvalue weighted by Crippen LogP contribution is 2.28. The minimum absolute atomic E-state index is 0.172. The minimum atomic E-state index is -1.13. The van der Waals surface area contributed by atoms with Crippen LogP contribution in [0.4, 0.5) is 8.78 Å². The van der Waals surface area contributed by atoms with Crippen molar-refractivity contribution >= 4 is 34.2 Å². The van der Waals surface area contributed by atoms with Crippen LogP contribution in [0.25, 0.3) is 0 Å². The van der Waals surface area contributed by atoms with Crippen LogP contribution < -0.4 is 0 Å². The average Bonchev–Trinajstić information content (AvgIpc) is 2.13. The van der Waals surface area contributed by atoms with Gasteiger partial charge in [0.1, 0.15) is 5.82 Å². The summed E-state index contributed by atoms with van der Waals surface area (Å²) in [4.78, 5) is 0. The lowest BCUT2D eigenvalue weighted by atomic mass is 10.1. The van der Waals surface area contributed by atoms with Gasteiger partial charge in [-0.05, 0) is 18.6 Å². The second-order valence-electron chi connectivity index (χ2n) is 2.75. The molecule has 0 fully saturated rings. The molecular weight excluding hydrogens is 324 g/mol. The second kappa shape index (κ2) is 5.23. The van der Waals surface area contributed by atoms with E-state index >= 15 is 0 Å². The third kappa shape index (κ3) is 2.55. The topological polar surface area (TPSA) is 20.2 Å². The van der Waals surface area contributed by atoms with Crippen molar-refractivity contribution in [2.24, 2.45) is 0 Å². The van der Waals surface area contributed by atoms with Gasteiger partial charge in [0, 0.05) is 4.43 Å². The summed E-state index contributed by atoms with van der Waals surface area (Å²) in [5.41, 5.74) is -0.339.